The summed E-state index contributed by atoms with van der Waals surface area (Å²) >= 11 is 0. The van der Waals surface area contributed by atoms with Gasteiger partial charge < -0.3 is 15.0 Å². The molecule has 0 amide bonds. The van der Waals surface area contributed by atoms with Gasteiger partial charge in [-0.05, 0) is 30.3 Å². The molecule has 0 aromatic heterocycles. The van der Waals surface area contributed by atoms with Crippen molar-refractivity contribution in [2.24, 2.45) is 0 Å². The van der Waals surface area contributed by atoms with E-state index in [0.29, 0.717) is 11.4 Å². The molecule has 120 valence electrons. The van der Waals surface area contributed by atoms with Crippen LogP contribution in [0, 0.1) is 22.7 Å². The zero-order valence-corrected chi connectivity index (χ0v) is 12.3. The summed E-state index contributed by atoms with van der Waals surface area (Å²) in [5.41, 5.74) is 0.867. The van der Waals surface area contributed by atoms with Gasteiger partial charge in [-0.1, -0.05) is 0 Å². The molecule has 1 aromatic rings. The van der Waals surface area contributed by atoms with E-state index < -0.39 is 6.36 Å². The fourth-order valence-electron chi connectivity index (χ4n) is 1.57. The summed E-state index contributed by atoms with van der Waals surface area (Å²) in [5.74, 6) is -0.322. The lowest BCUT2D eigenvalue weighted by Gasteiger charge is -2.13. The van der Waals surface area contributed by atoms with E-state index in [2.05, 4.69) is 10.1 Å². The smallest absolute Gasteiger partial charge is 0.406 e. The number of allylic oxidation sites excluding steroid dienone is 2. The highest BCUT2D eigenvalue weighted by Crippen LogP contribution is 2.24. The summed E-state index contributed by atoms with van der Waals surface area (Å²) in [7, 11) is 3.36. The highest BCUT2D eigenvalue weighted by atomic mass is 19.4. The maximum atomic E-state index is 12.0. The van der Waals surface area contributed by atoms with Crippen molar-refractivity contribution in [1.82, 2.24) is 4.90 Å². The zero-order valence-electron chi connectivity index (χ0n) is 12.3. The van der Waals surface area contributed by atoms with Gasteiger partial charge in [0, 0.05) is 26.0 Å². The number of anilines is 1. The molecule has 1 aromatic carbocycles. The van der Waals surface area contributed by atoms with Gasteiger partial charge in [0.15, 0.2) is 5.57 Å². The second-order valence-electron chi connectivity index (χ2n) is 4.43. The fourth-order valence-corrected chi connectivity index (χ4v) is 1.57. The summed E-state index contributed by atoms with van der Waals surface area (Å²) in [6, 6.07) is 8.72. The molecule has 0 unspecified atom stereocenters. The third kappa shape index (κ3) is 6.02. The number of alkyl halides is 3. The number of hydrogen-bond donors (Lipinski definition) is 1. The van der Waals surface area contributed by atoms with E-state index >= 15 is 0 Å². The Hall–Kier alpha value is -3.13. The number of nitriles is 2. The minimum absolute atomic E-state index is 0.0537. The molecule has 0 saturated carbocycles. The van der Waals surface area contributed by atoms with Crippen LogP contribution < -0.4 is 10.1 Å². The maximum absolute atomic E-state index is 12.0. The Labute approximate surface area is 131 Å². The summed E-state index contributed by atoms with van der Waals surface area (Å²) in [6.45, 7) is 0. The summed E-state index contributed by atoms with van der Waals surface area (Å²) in [5, 5.41) is 20.6. The van der Waals surface area contributed by atoms with Crippen LogP contribution in [0.5, 0.6) is 5.75 Å². The van der Waals surface area contributed by atoms with Crippen LogP contribution in [0.3, 0.4) is 0 Å². The van der Waals surface area contributed by atoms with Gasteiger partial charge in [0.05, 0.1) is 5.70 Å². The zero-order chi connectivity index (χ0) is 17.5. The summed E-state index contributed by atoms with van der Waals surface area (Å²) < 4.78 is 39.9. The standard InChI is InChI=1S/C15H13F3N4O/c1-22(2)14(11(9-19)10-20)7-8-21-12-3-5-13(6-4-12)23-15(16,17)18/h3-8,21H,1-2H3/b8-7+. The van der Waals surface area contributed by atoms with Crippen LogP contribution in [0.2, 0.25) is 0 Å². The van der Waals surface area contributed by atoms with E-state index in [1.807, 2.05) is 0 Å². The van der Waals surface area contributed by atoms with Gasteiger partial charge in [-0.15, -0.1) is 13.2 Å². The quantitative estimate of drug-likeness (QED) is 0.664. The number of likely N-dealkylation sites (N-methyl/N-ethyl adjacent to an activating group) is 1. The molecule has 0 aliphatic rings. The molecule has 0 fully saturated rings. The molecule has 0 aliphatic carbocycles. The van der Waals surface area contributed by atoms with Gasteiger partial charge in [0.25, 0.3) is 0 Å². The lowest BCUT2D eigenvalue weighted by molar-refractivity contribution is -0.274. The van der Waals surface area contributed by atoms with E-state index in [1.54, 1.807) is 31.1 Å². The van der Waals surface area contributed by atoms with Crippen molar-refractivity contribution in [2.75, 3.05) is 19.4 Å². The van der Waals surface area contributed by atoms with Gasteiger partial charge >= 0.3 is 6.36 Å². The Balaban J connectivity index is 2.80. The molecule has 23 heavy (non-hydrogen) atoms. The van der Waals surface area contributed by atoms with Crippen molar-refractivity contribution < 1.29 is 17.9 Å². The first-order chi connectivity index (χ1) is 10.8. The van der Waals surface area contributed by atoms with Crippen LogP contribution in [0.25, 0.3) is 0 Å². The predicted molar refractivity (Wildman–Crippen MR) is 77.8 cm³/mol. The normalized spacial score (nSPS) is 10.6. The van der Waals surface area contributed by atoms with Crippen molar-refractivity contribution in [3.8, 4) is 17.9 Å². The summed E-state index contributed by atoms with van der Waals surface area (Å²) in [6.07, 6.45) is -1.74. The average molecular weight is 322 g/mol. The molecule has 0 saturated heterocycles. The van der Waals surface area contributed by atoms with Crippen LogP contribution in [0.15, 0.2) is 47.8 Å². The number of hydrogen-bond acceptors (Lipinski definition) is 5. The number of benzene rings is 1. The molecule has 0 bridgehead atoms. The van der Waals surface area contributed by atoms with Gasteiger partial charge in [0.1, 0.15) is 17.9 Å². The van der Waals surface area contributed by atoms with E-state index in [-0.39, 0.29) is 11.3 Å². The van der Waals surface area contributed by atoms with Crippen LogP contribution in [0.4, 0.5) is 18.9 Å². The Bertz CT molecular complexity index is 661. The molecule has 5 nitrogen and oxygen atoms in total. The third-order valence-corrected chi connectivity index (χ3v) is 2.54. The predicted octanol–water partition coefficient (Wildman–Crippen LogP) is 3.37. The van der Waals surface area contributed by atoms with E-state index in [1.165, 1.54) is 36.5 Å². The maximum Gasteiger partial charge on any atom is 0.573 e. The molecular formula is C15H13F3N4O. The van der Waals surface area contributed by atoms with Crippen LogP contribution in [0.1, 0.15) is 0 Å². The number of nitrogens with one attached hydrogen (secondary N) is 1. The second-order valence-corrected chi connectivity index (χ2v) is 4.43. The van der Waals surface area contributed by atoms with E-state index in [0.717, 1.165) is 0 Å². The number of ether oxygens (including phenoxy) is 1. The van der Waals surface area contributed by atoms with Gasteiger partial charge in [-0.2, -0.15) is 10.5 Å². The van der Waals surface area contributed by atoms with Crippen LogP contribution in [-0.4, -0.2) is 25.4 Å². The number of halogens is 3. The highest BCUT2D eigenvalue weighted by Gasteiger charge is 2.30. The van der Waals surface area contributed by atoms with Crippen molar-refractivity contribution in [2.45, 2.75) is 6.36 Å². The van der Waals surface area contributed by atoms with Gasteiger partial charge in [0.2, 0.25) is 0 Å². The lowest BCUT2D eigenvalue weighted by Crippen LogP contribution is -2.16. The third-order valence-electron chi connectivity index (χ3n) is 2.54. The van der Waals surface area contributed by atoms with Crippen LogP contribution >= 0.6 is 0 Å². The van der Waals surface area contributed by atoms with E-state index in [4.69, 9.17) is 10.5 Å². The molecule has 0 aliphatic heterocycles. The van der Waals surface area contributed by atoms with Crippen molar-refractivity contribution in [3.63, 3.8) is 0 Å². The van der Waals surface area contributed by atoms with Crippen molar-refractivity contribution >= 4 is 5.69 Å². The molecule has 0 heterocycles. The fraction of sp³-hybridized carbons (Fsp3) is 0.200. The van der Waals surface area contributed by atoms with Gasteiger partial charge in [-0.25, -0.2) is 0 Å². The molecule has 0 spiro atoms. The van der Waals surface area contributed by atoms with Crippen LogP contribution in [-0.2, 0) is 0 Å². The monoisotopic (exact) mass is 322 g/mol. The molecule has 0 atom stereocenters. The Morgan fingerprint density at radius 1 is 1.17 bits per heavy atom. The molecule has 1 N–H and O–H groups in total. The molecular weight excluding hydrogens is 309 g/mol. The van der Waals surface area contributed by atoms with Gasteiger partial charge in [-0.3, -0.25) is 0 Å². The topological polar surface area (TPSA) is 72.1 Å². The first kappa shape index (κ1) is 17.9. The first-order valence-electron chi connectivity index (χ1n) is 6.27. The lowest BCUT2D eigenvalue weighted by atomic mass is 10.2. The van der Waals surface area contributed by atoms with Crippen molar-refractivity contribution in [1.29, 1.82) is 10.5 Å². The summed E-state index contributed by atoms with van der Waals surface area (Å²) in [4.78, 5) is 1.60. The number of nitrogens with zero attached hydrogens (tertiary/aromatic N) is 3. The largest absolute Gasteiger partial charge is 0.573 e. The minimum atomic E-state index is -4.73. The molecule has 0 radical (unpaired) electrons. The van der Waals surface area contributed by atoms with Crippen molar-refractivity contribution in [3.05, 3.63) is 47.8 Å². The molecule has 8 heteroatoms. The Morgan fingerprint density at radius 3 is 2.17 bits per heavy atom. The Kier molecular flexibility index (Phi) is 6.04. The minimum Gasteiger partial charge on any atom is -0.406 e. The highest BCUT2D eigenvalue weighted by molar-refractivity contribution is 5.50. The first-order valence-corrected chi connectivity index (χ1v) is 6.27. The average Bonchev–Trinajstić information content (AvgIpc) is 2.46. The Morgan fingerprint density at radius 2 is 1.74 bits per heavy atom. The molecule has 1 rings (SSSR count). The van der Waals surface area contributed by atoms with E-state index in [9.17, 15) is 13.2 Å². The number of rotatable bonds is 5. The SMILES string of the molecule is CN(C)C(/C=C/Nc1ccc(OC(F)(F)F)cc1)=C(C#N)C#N. The second kappa shape index (κ2) is 7.76.